The number of benzene rings is 1. The van der Waals surface area contributed by atoms with Gasteiger partial charge in [0.25, 0.3) is 5.91 Å². The van der Waals surface area contributed by atoms with Gasteiger partial charge >= 0.3 is 0 Å². The van der Waals surface area contributed by atoms with Crippen LogP contribution in [0.5, 0.6) is 0 Å². The van der Waals surface area contributed by atoms with Crippen molar-refractivity contribution in [2.75, 3.05) is 19.7 Å². The highest BCUT2D eigenvalue weighted by Crippen LogP contribution is 2.26. The molecule has 1 aromatic heterocycles. The fourth-order valence-corrected chi connectivity index (χ4v) is 3.16. The molecule has 2 heterocycles. The van der Waals surface area contributed by atoms with Crippen LogP contribution < -0.4 is 0 Å². The monoisotopic (exact) mass is 351 g/mol. The molecule has 0 aliphatic carbocycles. The Morgan fingerprint density at radius 1 is 1.42 bits per heavy atom. The summed E-state index contributed by atoms with van der Waals surface area (Å²) in [7, 11) is 0. The maximum absolute atomic E-state index is 13.1. The van der Waals surface area contributed by atoms with Gasteiger partial charge in [-0.2, -0.15) is 5.10 Å². The number of hydrogen-bond acceptors (Lipinski definition) is 3. The van der Waals surface area contributed by atoms with Crippen molar-refractivity contribution in [3.05, 3.63) is 46.5 Å². The molecule has 0 radical (unpaired) electrons. The lowest BCUT2D eigenvalue weighted by Gasteiger charge is -2.32. The Kier molecular flexibility index (Phi) is 4.87. The molecule has 1 aliphatic rings. The van der Waals surface area contributed by atoms with Gasteiger partial charge in [-0.1, -0.05) is 18.5 Å². The molecule has 2 aromatic rings. The lowest BCUT2D eigenvalue weighted by molar-refractivity contribution is -0.0226. The van der Waals surface area contributed by atoms with Crippen LogP contribution in [0.4, 0.5) is 4.39 Å². The average molecular weight is 352 g/mol. The second-order valence-corrected chi connectivity index (χ2v) is 6.15. The van der Waals surface area contributed by atoms with Crippen molar-refractivity contribution in [1.29, 1.82) is 0 Å². The highest BCUT2D eigenvalue weighted by Gasteiger charge is 2.29. The lowest BCUT2D eigenvalue weighted by Crippen LogP contribution is -2.45. The Morgan fingerprint density at radius 2 is 2.12 bits per heavy atom. The molecule has 24 heavy (non-hydrogen) atoms. The van der Waals surface area contributed by atoms with Gasteiger partial charge in [0, 0.05) is 13.1 Å². The van der Waals surface area contributed by atoms with Gasteiger partial charge in [0.2, 0.25) is 0 Å². The number of halogens is 2. The molecule has 128 valence electrons. The quantitative estimate of drug-likeness (QED) is 0.853. The molecule has 0 spiro atoms. The summed E-state index contributed by atoms with van der Waals surface area (Å²) < 4.78 is 20.2. The van der Waals surface area contributed by atoms with Gasteiger partial charge in [-0.05, 0) is 37.6 Å². The fraction of sp³-hybridized carbons (Fsp3) is 0.412. The fourth-order valence-electron chi connectivity index (χ4n) is 2.80. The van der Waals surface area contributed by atoms with E-state index in [1.165, 1.54) is 16.8 Å². The molecule has 0 saturated carbocycles. The van der Waals surface area contributed by atoms with Gasteiger partial charge in [-0.25, -0.2) is 9.07 Å². The molecule has 1 saturated heterocycles. The van der Waals surface area contributed by atoms with Crippen LogP contribution in [0.15, 0.2) is 24.3 Å². The summed E-state index contributed by atoms with van der Waals surface area (Å²) in [4.78, 5) is 14.6. The second-order valence-electron chi connectivity index (χ2n) is 5.79. The zero-order chi connectivity index (χ0) is 17.3. The Bertz CT molecular complexity index is 745. The number of morpholine rings is 1. The molecule has 0 N–H and O–H groups in total. The predicted octanol–water partition coefficient (Wildman–Crippen LogP) is 3.22. The Morgan fingerprint density at radius 3 is 2.79 bits per heavy atom. The van der Waals surface area contributed by atoms with Gasteiger partial charge in [-0.3, -0.25) is 4.79 Å². The normalized spacial score (nSPS) is 18.0. The lowest BCUT2D eigenvalue weighted by atomic mass is 10.1. The molecular formula is C17H19ClFN3O2. The van der Waals surface area contributed by atoms with E-state index < -0.39 is 0 Å². The third-order valence-electron chi connectivity index (χ3n) is 4.17. The number of hydrogen-bond donors (Lipinski definition) is 0. The maximum atomic E-state index is 13.1. The number of amides is 1. The summed E-state index contributed by atoms with van der Waals surface area (Å²) >= 11 is 6.42. The van der Waals surface area contributed by atoms with Crippen molar-refractivity contribution in [1.82, 2.24) is 14.7 Å². The van der Waals surface area contributed by atoms with E-state index in [-0.39, 0.29) is 23.0 Å². The minimum atomic E-state index is -0.339. The standard InChI is InChI=1S/C17H19ClFN3O2/c1-3-14-10-21(8-9-24-14)17(23)15-11(2)20-22(16(15)18)13-6-4-12(19)5-7-13/h4-7,14H,3,8-10H2,1-2H3/t14-/m1/s1. The van der Waals surface area contributed by atoms with Crippen molar-refractivity contribution in [3.8, 4) is 5.69 Å². The first kappa shape index (κ1) is 16.9. The third-order valence-corrected chi connectivity index (χ3v) is 4.52. The van der Waals surface area contributed by atoms with E-state index in [9.17, 15) is 9.18 Å². The number of rotatable bonds is 3. The molecule has 1 aliphatic heterocycles. The van der Waals surface area contributed by atoms with Crippen LogP contribution in [0.3, 0.4) is 0 Å². The molecule has 7 heteroatoms. The Balaban J connectivity index is 1.91. The highest BCUT2D eigenvalue weighted by molar-refractivity contribution is 6.33. The van der Waals surface area contributed by atoms with Crippen LogP contribution in [0, 0.1) is 12.7 Å². The summed E-state index contributed by atoms with van der Waals surface area (Å²) in [6, 6.07) is 5.81. The summed E-state index contributed by atoms with van der Waals surface area (Å²) in [6.07, 6.45) is 0.902. The number of carbonyl (C=O) groups excluding carboxylic acids is 1. The number of ether oxygens (including phenoxy) is 1. The van der Waals surface area contributed by atoms with Crippen LogP contribution in [0.25, 0.3) is 5.69 Å². The summed E-state index contributed by atoms with van der Waals surface area (Å²) in [6.45, 7) is 5.38. The molecule has 0 bridgehead atoms. The number of nitrogens with zero attached hydrogens (tertiary/aromatic N) is 3. The number of aryl methyl sites for hydroxylation is 1. The Labute approximate surface area is 145 Å². The van der Waals surface area contributed by atoms with Crippen molar-refractivity contribution < 1.29 is 13.9 Å². The first-order valence-corrected chi connectivity index (χ1v) is 8.31. The van der Waals surface area contributed by atoms with Gasteiger partial charge in [-0.15, -0.1) is 0 Å². The number of aromatic nitrogens is 2. The van der Waals surface area contributed by atoms with E-state index in [4.69, 9.17) is 16.3 Å². The van der Waals surface area contributed by atoms with Gasteiger partial charge < -0.3 is 9.64 Å². The van der Waals surface area contributed by atoms with E-state index >= 15 is 0 Å². The Hall–Kier alpha value is -1.92. The molecular weight excluding hydrogens is 333 g/mol. The second kappa shape index (κ2) is 6.91. The largest absolute Gasteiger partial charge is 0.375 e. The molecule has 0 unspecified atom stereocenters. The summed E-state index contributed by atoms with van der Waals surface area (Å²) in [5, 5.41) is 4.59. The van der Waals surface area contributed by atoms with Crippen molar-refractivity contribution in [2.45, 2.75) is 26.4 Å². The predicted molar refractivity (Wildman–Crippen MR) is 89.2 cm³/mol. The maximum Gasteiger partial charge on any atom is 0.259 e. The van der Waals surface area contributed by atoms with E-state index in [2.05, 4.69) is 5.10 Å². The highest BCUT2D eigenvalue weighted by atomic mass is 35.5. The first-order chi connectivity index (χ1) is 11.5. The molecule has 1 atom stereocenters. The van der Waals surface area contributed by atoms with Crippen LogP contribution in [-0.4, -0.2) is 46.4 Å². The van der Waals surface area contributed by atoms with Crippen LogP contribution in [0.2, 0.25) is 5.15 Å². The minimum absolute atomic E-state index is 0.0499. The SMILES string of the molecule is CC[C@@H]1CN(C(=O)c2c(C)nn(-c3ccc(F)cc3)c2Cl)CCO1. The summed E-state index contributed by atoms with van der Waals surface area (Å²) in [5.41, 5.74) is 1.54. The molecule has 5 nitrogen and oxygen atoms in total. The van der Waals surface area contributed by atoms with Crippen molar-refractivity contribution in [3.63, 3.8) is 0 Å². The van der Waals surface area contributed by atoms with Crippen LogP contribution >= 0.6 is 11.6 Å². The van der Waals surface area contributed by atoms with Gasteiger partial charge in [0.1, 0.15) is 11.0 Å². The first-order valence-electron chi connectivity index (χ1n) is 7.93. The molecule has 1 fully saturated rings. The summed E-state index contributed by atoms with van der Waals surface area (Å²) in [5.74, 6) is -0.485. The molecule has 1 aromatic carbocycles. The minimum Gasteiger partial charge on any atom is -0.375 e. The van der Waals surface area contributed by atoms with E-state index in [1.807, 2.05) is 6.92 Å². The van der Waals surface area contributed by atoms with E-state index in [1.54, 1.807) is 24.0 Å². The van der Waals surface area contributed by atoms with Crippen molar-refractivity contribution >= 4 is 17.5 Å². The molecule has 3 rings (SSSR count). The third kappa shape index (κ3) is 3.16. The van der Waals surface area contributed by atoms with Crippen LogP contribution in [0.1, 0.15) is 29.4 Å². The molecule has 1 amide bonds. The van der Waals surface area contributed by atoms with E-state index in [0.717, 1.165) is 6.42 Å². The smallest absolute Gasteiger partial charge is 0.259 e. The number of carbonyl (C=O) groups is 1. The van der Waals surface area contributed by atoms with Crippen molar-refractivity contribution in [2.24, 2.45) is 0 Å². The zero-order valence-corrected chi connectivity index (χ0v) is 14.4. The van der Waals surface area contributed by atoms with Gasteiger partial charge in [0.05, 0.1) is 29.7 Å². The average Bonchev–Trinajstić information content (AvgIpc) is 2.89. The van der Waals surface area contributed by atoms with Gasteiger partial charge in [0.15, 0.2) is 0 Å². The van der Waals surface area contributed by atoms with E-state index in [0.29, 0.717) is 36.6 Å². The zero-order valence-electron chi connectivity index (χ0n) is 13.6. The van der Waals surface area contributed by atoms with Crippen LogP contribution in [-0.2, 0) is 4.74 Å². The topological polar surface area (TPSA) is 47.4 Å².